The zero-order valence-electron chi connectivity index (χ0n) is 14.8. The summed E-state index contributed by atoms with van der Waals surface area (Å²) >= 11 is 0. The molecule has 3 rings (SSSR count). The third-order valence-corrected chi connectivity index (χ3v) is 4.08. The van der Waals surface area contributed by atoms with E-state index in [0.717, 1.165) is 22.6 Å². The Morgan fingerprint density at radius 2 is 1.35 bits per heavy atom. The number of carbonyl (C=O) groups is 1. The Morgan fingerprint density at radius 1 is 0.846 bits per heavy atom. The highest BCUT2D eigenvalue weighted by Crippen LogP contribution is 2.19. The molecule has 1 heterocycles. The minimum Gasteiger partial charge on any atom is -0.497 e. The zero-order chi connectivity index (χ0) is 18.4. The molecule has 0 aliphatic carbocycles. The summed E-state index contributed by atoms with van der Waals surface area (Å²) < 4.78 is 15.7. The van der Waals surface area contributed by atoms with Crippen LogP contribution in [0.5, 0.6) is 11.5 Å². The summed E-state index contributed by atoms with van der Waals surface area (Å²) in [7, 11) is 3.26. The molecule has 26 heavy (non-hydrogen) atoms. The maximum Gasteiger partial charge on any atom is 0.290 e. The van der Waals surface area contributed by atoms with Gasteiger partial charge in [0.05, 0.1) is 20.5 Å². The number of hydrogen-bond donors (Lipinski definition) is 0. The van der Waals surface area contributed by atoms with Gasteiger partial charge in [0.2, 0.25) is 0 Å². The third kappa shape index (κ3) is 4.25. The van der Waals surface area contributed by atoms with E-state index in [9.17, 15) is 4.79 Å². The van der Waals surface area contributed by atoms with Crippen LogP contribution in [0.1, 0.15) is 21.7 Å². The predicted octanol–water partition coefficient (Wildman–Crippen LogP) is 4.14. The lowest BCUT2D eigenvalue weighted by Gasteiger charge is -2.22. The van der Waals surface area contributed by atoms with Gasteiger partial charge in [-0.2, -0.15) is 0 Å². The predicted molar refractivity (Wildman–Crippen MR) is 98.3 cm³/mol. The van der Waals surface area contributed by atoms with Crippen molar-refractivity contribution in [2.24, 2.45) is 0 Å². The van der Waals surface area contributed by atoms with E-state index < -0.39 is 0 Å². The van der Waals surface area contributed by atoms with Gasteiger partial charge in [-0.15, -0.1) is 0 Å². The first-order chi connectivity index (χ1) is 12.7. The molecule has 0 bridgehead atoms. The standard InChI is InChI=1S/C21H21NO4/c1-24-18-9-5-16(6-10-18)14-22(21(23)20-4-3-13-26-20)15-17-7-11-19(25-2)12-8-17/h3-13H,14-15H2,1-2H3. The average Bonchev–Trinajstić information content (AvgIpc) is 3.23. The van der Waals surface area contributed by atoms with E-state index in [2.05, 4.69) is 0 Å². The number of carbonyl (C=O) groups excluding carboxylic acids is 1. The minimum absolute atomic E-state index is 0.151. The van der Waals surface area contributed by atoms with Gasteiger partial charge in [0.25, 0.3) is 5.91 Å². The van der Waals surface area contributed by atoms with E-state index in [1.807, 2.05) is 48.5 Å². The van der Waals surface area contributed by atoms with Gasteiger partial charge < -0.3 is 18.8 Å². The molecule has 2 aromatic carbocycles. The molecule has 0 atom stereocenters. The number of furan rings is 1. The van der Waals surface area contributed by atoms with Crippen molar-refractivity contribution >= 4 is 5.91 Å². The topological polar surface area (TPSA) is 51.9 Å². The second kappa shape index (κ2) is 8.25. The van der Waals surface area contributed by atoms with E-state index in [1.54, 1.807) is 31.3 Å². The second-order valence-electron chi connectivity index (χ2n) is 5.83. The summed E-state index contributed by atoms with van der Waals surface area (Å²) in [5.74, 6) is 1.74. The highest BCUT2D eigenvalue weighted by Gasteiger charge is 2.19. The molecule has 5 nitrogen and oxygen atoms in total. The van der Waals surface area contributed by atoms with E-state index >= 15 is 0 Å². The monoisotopic (exact) mass is 351 g/mol. The van der Waals surface area contributed by atoms with Crippen LogP contribution in [0.2, 0.25) is 0 Å². The molecule has 1 amide bonds. The normalized spacial score (nSPS) is 10.4. The third-order valence-electron chi connectivity index (χ3n) is 4.08. The second-order valence-corrected chi connectivity index (χ2v) is 5.83. The Kier molecular flexibility index (Phi) is 5.59. The van der Waals surface area contributed by atoms with Crippen LogP contribution in [0.25, 0.3) is 0 Å². The van der Waals surface area contributed by atoms with Crippen molar-refractivity contribution < 1.29 is 18.7 Å². The molecular formula is C21H21NO4. The van der Waals surface area contributed by atoms with Gasteiger partial charge in [-0.25, -0.2) is 0 Å². The van der Waals surface area contributed by atoms with E-state index in [1.165, 1.54) is 6.26 Å². The molecule has 0 radical (unpaired) electrons. The Morgan fingerprint density at radius 3 is 1.73 bits per heavy atom. The number of ether oxygens (including phenoxy) is 2. The van der Waals surface area contributed by atoms with Crippen molar-refractivity contribution in [2.75, 3.05) is 14.2 Å². The molecule has 0 N–H and O–H groups in total. The Balaban J connectivity index is 1.81. The first-order valence-electron chi connectivity index (χ1n) is 8.28. The van der Waals surface area contributed by atoms with Crippen molar-refractivity contribution in [1.82, 2.24) is 4.90 Å². The van der Waals surface area contributed by atoms with Crippen molar-refractivity contribution in [3.05, 3.63) is 83.8 Å². The number of hydrogen-bond acceptors (Lipinski definition) is 4. The summed E-state index contributed by atoms with van der Waals surface area (Å²) in [6.45, 7) is 0.936. The van der Waals surface area contributed by atoms with E-state index in [0.29, 0.717) is 18.8 Å². The van der Waals surface area contributed by atoms with Crippen molar-refractivity contribution in [2.45, 2.75) is 13.1 Å². The summed E-state index contributed by atoms with van der Waals surface area (Å²) in [6.07, 6.45) is 1.51. The van der Waals surface area contributed by atoms with Crippen LogP contribution in [-0.4, -0.2) is 25.0 Å². The summed E-state index contributed by atoms with van der Waals surface area (Å²) in [6, 6.07) is 18.8. The maximum atomic E-state index is 12.8. The van der Waals surface area contributed by atoms with Crippen LogP contribution >= 0.6 is 0 Å². The molecule has 0 saturated heterocycles. The Bertz CT molecular complexity index is 774. The number of nitrogens with zero attached hydrogens (tertiary/aromatic N) is 1. The van der Waals surface area contributed by atoms with E-state index in [-0.39, 0.29) is 5.91 Å². The highest BCUT2D eigenvalue weighted by atomic mass is 16.5. The van der Waals surface area contributed by atoms with E-state index in [4.69, 9.17) is 13.9 Å². The van der Waals surface area contributed by atoms with Crippen molar-refractivity contribution in [3.63, 3.8) is 0 Å². The first-order valence-corrected chi connectivity index (χ1v) is 8.28. The summed E-state index contributed by atoms with van der Waals surface area (Å²) in [5, 5.41) is 0. The van der Waals surface area contributed by atoms with Gasteiger partial charge in [0, 0.05) is 13.1 Å². The van der Waals surface area contributed by atoms with Crippen molar-refractivity contribution in [1.29, 1.82) is 0 Å². The molecule has 1 aromatic heterocycles. The fraction of sp³-hybridized carbons (Fsp3) is 0.190. The molecule has 0 aliphatic heterocycles. The molecule has 0 saturated carbocycles. The molecule has 0 unspecified atom stereocenters. The summed E-state index contributed by atoms with van der Waals surface area (Å²) in [5.41, 5.74) is 2.03. The maximum absolute atomic E-state index is 12.8. The van der Waals surface area contributed by atoms with Gasteiger partial charge >= 0.3 is 0 Å². The lowest BCUT2D eigenvalue weighted by atomic mass is 10.1. The number of amides is 1. The molecule has 5 heteroatoms. The largest absolute Gasteiger partial charge is 0.497 e. The van der Waals surface area contributed by atoms with Gasteiger partial charge in [-0.1, -0.05) is 24.3 Å². The smallest absolute Gasteiger partial charge is 0.290 e. The Hall–Kier alpha value is -3.21. The van der Waals surface area contributed by atoms with Gasteiger partial charge in [0.15, 0.2) is 5.76 Å². The lowest BCUT2D eigenvalue weighted by Crippen LogP contribution is -2.29. The molecule has 0 spiro atoms. The van der Waals surface area contributed by atoms with Crippen LogP contribution in [-0.2, 0) is 13.1 Å². The minimum atomic E-state index is -0.151. The number of benzene rings is 2. The van der Waals surface area contributed by atoms with Crippen molar-refractivity contribution in [3.8, 4) is 11.5 Å². The summed E-state index contributed by atoms with van der Waals surface area (Å²) in [4.78, 5) is 14.6. The van der Waals surface area contributed by atoms with Gasteiger partial charge in [0.1, 0.15) is 11.5 Å². The van der Waals surface area contributed by atoms with Crippen LogP contribution in [0.4, 0.5) is 0 Å². The number of rotatable bonds is 7. The highest BCUT2D eigenvalue weighted by molar-refractivity contribution is 5.91. The fourth-order valence-electron chi connectivity index (χ4n) is 2.66. The average molecular weight is 351 g/mol. The van der Waals surface area contributed by atoms with Gasteiger partial charge in [-0.05, 0) is 47.5 Å². The zero-order valence-corrected chi connectivity index (χ0v) is 14.8. The molecular weight excluding hydrogens is 330 g/mol. The molecule has 0 fully saturated rings. The quantitative estimate of drug-likeness (QED) is 0.642. The fourth-order valence-corrected chi connectivity index (χ4v) is 2.66. The lowest BCUT2D eigenvalue weighted by molar-refractivity contribution is 0.0697. The first kappa shape index (κ1) is 17.6. The Labute approximate surface area is 152 Å². The van der Waals surface area contributed by atoms with Crippen LogP contribution in [0, 0.1) is 0 Å². The SMILES string of the molecule is COc1ccc(CN(Cc2ccc(OC)cc2)C(=O)c2ccco2)cc1. The van der Waals surface area contributed by atoms with Crippen LogP contribution < -0.4 is 9.47 Å². The molecule has 3 aromatic rings. The number of methoxy groups -OCH3 is 2. The van der Waals surface area contributed by atoms with Crippen LogP contribution in [0.15, 0.2) is 71.3 Å². The van der Waals surface area contributed by atoms with Crippen LogP contribution in [0.3, 0.4) is 0 Å². The molecule has 134 valence electrons. The van der Waals surface area contributed by atoms with Gasteiger partial charge in [-0.3, -0.25) is 4.79 Å². The molecule has 0 aliphatic rings.